The van der Waals surface area contributed by atoms with E-state index in [1.165, 1.54) is 6.07 Å². The first-order valence-corrected chi connectivity index (χ1v) is 6.75. The number of nitrogens with two attached hydrogens (primary N) is 1. The van der Waals surface area contributed by atoms with Crippen molar-refractivity contribution in [2.45, 2.75) is 45.1 Å². The molecule has 116 valence electrons. The lowest BCUT2D eigenvalue weighted by molar-refractivity contribution is -0.136. The Bertz CT molecular complexity index is 559. The molecule has 8 heteroatoms. The summed E-state index contributed by atoms with van der Waals surface area (Å²) in [5.41, 5.74) is 3.05. The molecule has 0 bridgehead atoms. The highest BCUT2D eigenvalue weighted by Crippen LogP contribution is 2.40. The predicted octanol–water partition coefficient (Wildman–Crippen LogP) is 3.24. The minimum Gasteiger partial charge on any atom is -0.399 e. The fourth-order valence-corrected chi connectivity index (χ4v) is 2.45. The normalized spacial score (nSPS) is 20.9. The zero-order valence-electron chi connectivity index (χ0n) is 12.1. The maximum Gasteiger partial charge on any atom is 0.495 e. The number of benzene rings is 1. The quantitative estimate of drug-likeness (QED) is 0.638. The van der Waals surface area contributed by atoms with Crippen LogP contribution in [0.4, 0.5) is 18.9 Å². The van der Waals surface area contributed by atoms with E-state index in [-0.39, 0.29) is 11.2 Å². The second-order valence-electron chi connectivity index (χ2n) is 6.05. The van der Waals surface area contributed by atoms with Gasteiger partial charge in [0.05, 0.1) is 21.8 Å². The SMILES string of the molecule is CC1(C)OB(c2cc(N)cc(Cl)c2C(F)(F)F)OC1(C)C. The first-order chi connectivity index (χ1) is 9.35. The Hall–Kier alpha value is -0.915. The molecule has 3 nitrogen and oxygen atoms in total. The lowest BCUT2D eigenvalue weighted by atomic mass is 9.75. The van der Waals surface area contributed by atoms with E-state index in [0.717, 1.165) is 6.07 Å². The molecule has 0 unspecified atom stereocenters. The molecule has 0 radical (unpaired) electrons. The maximum atomic E-state index is 13.2. The highest BCUT2D eigenvalue weighted by atomic mass is 35.5. The highest BCUT2D eigenvalue weighted by Gasteiger charge is 2.54. The summed E-state index contributed by atoms with van der Waals surface area (Å²) < 4.78 is 51.0. The van der Waals surface area contributed by atoms with E-state index in [9.17, 15) is 13.2 Å². The average Bonchev–Trinajstić information content (AvgIpc) is 2.44. The van der Waals surface area contributed by atoms with E-state index in [0.29, 0.717) is 0 Å². The van der Waals surface area contributed by atoms with Crippen LogP contribution in [0.15, 0.2) is 12.1 Å². The average molecular weight is 322 g/mol. The molecule has 1 aromatic carbocycles. The van der Waals surface area contributed by atoms with Gasteiger partial charge in [-0.15, -0.1) is 0 Å². The first-order valence-electron chi connectivity index (χ1n) is 6.37. The molecule has 1 aromatic rings. The third-order valence-corrected chi connectivity index (χ3v) is 4.23. The van der Waals surface area contributed by atoms with Crippen LogP contribution in [0.2, 0.25) is 5.02 Å². The van der Waals surface area contributed by atoms with Crippen LogP contribution >= 0.6 is 11.6 Å². The number of halogens is 4. The second kappa shape index (κ2) is 4.79. The Labute approximate surface area is 126 Å². The summed E-state index contributed by atoms with van der Waals surface area (Å²) in [5, 5.41) is -0.466. The third-order valence-electron chi connectivity index (χ3n) is 3.93. The summed E-state index contributed by atoms with van der Waals surface area (Å²) in [4.78, 5) is 0. The first kappa shape index (κ1) is 16.5. The fraction of sp³-hybridized carbons (Fsp3) is 0.538. The fourth-order valence-electron chi connectivity index (χ4n) is 2.10. The van der Waals surface area contributed by atoms with Crippen molar-refractivity contribution in [2.75, 3.05) is 5.73 Å². The van der Waals surface area contributed by atoms with Gasteiger partial charge in [0.2, 0.25) is 0 Å². The smallest absolute Gasteiger partial charge is 0.399 e. The Morgan fingerprint density at radius 2 is 1.57 bits per heavy atom. The largest absolute Gasteiger partial charge is 0.495 e. The lowest BCUT2D eigenvalue weighted by Crippen LogP contribution is -2.41. The second-order valence-corrected chi connectivity index (χ2v) is 6.46. The van der Waals surface area contributed by atoms with Crippen LogP contribution in [0.5, 0.6) is 0 Å². The van der Waals surface area contributed by atoms with E-state index in [1.807, 2.05) is 0 Å². The predicted molar refractivity (Wildman–Crippen MR) is 76.6 cm³/mol. The van der Waals surface area contributed by atoms with Crippen LogP contribution in [0.1, 0.15) is 33.3 Å². The van der Waals surface area contributed by atoms with Gasteiger partial charge >= 0.3 is 13.3 Å². The van der Waals surface area contributed by atoms with E-state index < -0.39 is 35.1 Å². The van der Waals surface area contributed by atoms with Crippen LogP contribution in [0.3, 0.4) is 0 Å². The summed E-state index contributed by atoms with van der Waals surface area (Å²) in [5.74, 6) is 0. The van der Waals surface area contributed by atoms with Crippen molar-refractivity contribution in [3.05, 3.63) is 22.7 Å². The monoisotopic (exact) mass is 321 g/mol. The molecule has 1 heterocycles. The molecular weight excluding hydrogens is 305 g/mol. The van der Waals surface area contributed by atoms with Gasteiger partial charge in [0.1, 0.15) is 0 Å². The van der Waals surface area contributed by atoms with Crippen molar-refractivity contribution in [3.8, 4) is 0 Å². The van der Waals surface area contributed by atoms with Gasteiger partial charge in [0.15, 0.2) is 0 Å². The number of anilines is 1. The van der Waals surface area contributed by atoms with Crippen LogP contribution in [-0.2, 0) is 15.5 Å². The zero-order chi connectivity index (χ0) is 16.2. The molecule has 1 fully saturated rings. The molecule has 0 atom stereocenters. The van der Waals surface area contributed by atoms with Crippen LogP contribution in [-0.4, -0.2) is 18.3 Å². The molecule has 2 N–H and O–H groups in total. The Balaban J connectivity index is 2.56. The standard InChI is InChI=1S/C13H16BClF3NO2/c1-11(2)12(3,4)21-14(20-11)8-5-7(19)6-9(15)10(8)13(16,17)18/h5-6H,19H2,1-4H3. The van der Waals surface area contributed by atoms with Gasteiger partial charge in [0, 0.05) is 5.69 Å². The number of hydrogen-bond donors (Lipinski definition) is 1. The zero-order valence-corrected chi connectivity index (χ0v) is 12.9. The van der Waals surface area contributed by atoms with E-state index >= 15 is 0 Å². The minimum atomic E-state index is -4.62. The van der Waals surface area contributed by atoms with Crippen LogP contribution in [0, 0.1) is 0 Å². The molecule has 0 amide bonds. The molecule has 2 rings (SSSR count). The maximum absolute atomic E-state index is 13.2. The van der Waals surface area contributed by atoms with Crippen molar-refractivity contribution in [1.29, 1.82) is 0 Å². The van der Waals surface area contributed by atoms with Crippen molar-refractivity contribution in [3.63, 3.8) is 0 Å². The van der Waals surface area contributed by atoms with Crippen molar-refractivity contribution >= 4 is 29.9 Å². The summed E-state index contributed by atoms with van der Waals surface area (Å²) >= 11 is 5.73. The number of rotatable bonds is 1. The van der Waals surface area contributed by atoms with Gasteiger partial charge in [-0.25, -0.2) is 0 Å². The molecular formula is C13H16BClF3NO2. The number of hydrogen-bond acceptors (Lipinski definition) is 3. The minimum absolute atomic E-state index is 0.123. The highest BCUT2D eigenvalue weighted by molar-refractivity contribution is 6.63. The topological polar surface area (TPSA) is 44.5 Å². The summed E-state index contributed by atoms with van der Waals surface area (Å²) in [6.45, 7) is 7.03. The molecule has 0 saturated carbocycles. The van der Waals surface area contributed by atoms with Gasteiger partial charge in [0.25, 0.3) is 0 Å². The van der Waals surface area contributed by atoms with Gasteiger partial charge in [-0.05, 0) is 45.3 Å². The van der Waals surface area contributed by atoms with Gasteiger partial charge in [-0.1, -0.05) is 11.6 Å². The molecule has 0 aromatic heterocycles. The van der Waals surface area contributed by atoms with Gasteiger partial charge < -0.3 is 15.0 Å². The van der Waals surface area contributed by atoms with Crippen LogP contribution < -0.4 is 11.2 Å². The Kier molecular flexibility index (Phi) is 3.76. The summed E-state index contributed by atoms with van der Waals surface area (Å²) in [7, 11) is -1.17. The Morgan fingerprint density at radius 1 is 1.10 bits per heavy atom. The molecule has 21 heavy (non-hydrogen) atoms. The van der Waals surface area contributed by atoms with Crippen molar-refractivity contribution in [2.24, 2.45) is 0 Å². The molecule has 1 aliphatic heterocycles. The van der Waals surface area contributed by atoms with Crippen LogP contribution in [0.25, 0.3) is 0 Å². The van der Waals surface area contributed by atoms with Crippen molar-refractivity contribution < 1.29 is 22.5 Å². The van der Waals surface area contributed by atoms with E-state index in [1.54, 1.807) is 27.7 Å². The molecule has 0 spiro atoms. The number of alkyl halides is 3. The van der Waals surface area contributed by atoms with Gasteiger partial charge in [-0.2, -0.15) is 13.2 Å². The van der Waals surface area contributed by atoms with E-state index in [4.69, 9.17) is 26.6 Å². The third kappa shape index (κ3) is 2.87. The lowest BCUT2D eigenvalue weighted by Gasteiger charge is -2.32. The summed E-state index contributed by atoms with van der Waals surface area (Å²) in [6, 6.07) is 2.26. The summed E-state index contributed by atoms with van der Waals surface area (Å²) in [6.07, 6.45) is -4.62. The molecule has 0 aliphatic carbocycles. The van der Waals surface area contributed by atoms with Crippen molar-refractivity contribution in [1.82, 2.24) is 0 Å². The Morgan fingerprint density at radius 3 is 2.00 bits per heavy atom. The van der Waals surface area contributed by atoms with E-state index in [2.05, 4.69) is 0 Å². The molecule has 1 saturated heterocycles. The molecule has 1 aliphatic rings. The van der Waals surface area contributed by atoms with Gasteiger partial charge in [-0.3, -0.25) is 0 Å². The number of nitrogen functional groups attached to an aromatic ring is 1.